The maximum Gasteiger partial charge on any atom is 0.160 e. The number of hydrogen-bond acceptors (Lipinski definition) is 5. The normalized spacial score (nSPS) is 19.3. The number of nitrogens with zero attached hydrogens (tertiary/aromatic N) is 3. The van der Waals surface area contributed by atoms with Gasteiger partial charge >= 0.3 is 0 Å². The SMILES string of the molecule is COc1cc(CN2CCSC[C@@H]2c2cnn(C)c2)ccc1O. The maximum atomic E-state index is 9.72. The molecule has 1 saturated heterocycles. The van der Waals surface area contributed by atoms with Gasteiger partial charge in [0.2, 0.25) is 0 Å². The van der Waals surface area contributed by atoms with Crippen LogP contribution in [0.5, 0.6) is 11.5 Å². The largest absolute Gasteiger partial charge is 0.504 e. The number of benzene rings is 1. The fraction of sp³-hybridized carbons (Fsp3) is 0.438. The highest BCUT2D eigenvalue weighted by Crippen LogP contribution is 2.32. The molecule has 0 radical (unpaired) electrons. The van der Waals surface area contributed by atoms with Crippen LogP contribution in [0.15, 0.2) is 30.6 Å². The Balaban J connectivity index is 1.79. The van der Waals surface area contributed by atoms with Crippen molar-refractivity contribution in [3.8, 4) is 11.5 Å². The first-order chi connectivity index (χ1) is 10.7. The summed E-state index contributed by atoms with van der Waals surface area (Å²) in [7, 11) is 3.53. The van der Waals surface area contributed by atoms with Crippen molar-refractivity contribution in [2.45, 2.75) is 12.6 Å². The molecule has 1 aliphatic rings. The van der Waals surface area contributed by atoms with Crippen LogP contribution < -0.4 is 4.74 Å². The van der Waals surface area contributed by atoms with E-state index < -0.39 is 0 Å². The average Bonchev–Trinajstić information content (AvgIpc) is 2.96. The van der Waals surface area contributed by atoms with Crippen molar-refractivity contribution in [3.05, 3.63) is 41.7 Å². The second-order valence-corrected chi connectivity index (χ2v) is 6.66. The van der Waals surface area contributed by atoms with E-state index in [1.54, 1.807) is 13.2 Å². The molecule has 0 bridgehead atoms. The van der Waals surface area contributed by atoms with Crippen molar-refractivity contribution < 1.29 is 9.84 Å². The number of hydrogen-bond donors (Lipinski definition) is 1. The zero-order valence-electron chi connectivity index (χ0n) is 12.9. The highest BCUT2D eigenvalue weighted by atomic mass is 32.2. The van der Waals surface area contributed by atoms with Crippen LogP contribution in [0, 0.1) is 0 Å². The van der Waals surface area contributed by atoms with Gasteiger partial charge in [-0.15, -0.1) is 0 Å². The Morgan fingerprint density at radius 1 is 1.45 bits per heavy atom. The summed E-state index contributed by atoms with van der Waals surface area (Å²) < 4.78 is 7.06. The number of rotatable bonds is 4. The molecule has 1 atom stereocenters. The lowest BCUT2D eigenvalue weighted by Crippen LogP contribution is -2.35. The maximum absolute atomic E-state index is 9.72. The molecule has 118 valence electrons. The Kier molecular flexibility index (Phi) is 4.59. The molecular formula is C16H21N3O2S. The molecule has 1 aliphatic heterocycles. The second-order valence-electron chi connectivity index (χ2n) is 5.51. The van der Waals surface area contributed by atoms with E-state index in [0.717, 1.165) is 30.2 Å². The molecule has 1 N–H and O–H groups in total. The molecular weight excluding hydrogens is 298 g/mol. The minimum atomic E-state index is 0.184. The molecule has 0 aliphatic carbocycles. The summed E-state index contributed by atoms with van der Waals surface area (Å²) in [5, 5.41) is 14.0. The molecule has 0 spiro atoms. The van der Waals surface area contributed by atoms with E-state index in [9.17, 15) is 5.11 Å². The molecule has 3 rings (SSSR count). The summed E-state index contributed by atoms with van der Waals surface area (Å²) >= 11 is 1.99. The Hall–Kier alpha value is -1.66. The number of phenolic OH excluding ortho intramolecular Hbond substituents is 1. The summed E-state index contributed by atoms with van der Waals surface area (Å²) in [6, 6.07) is 5.95. The van der Waals surface area contributed by atoms with Crippen LogP contribution >= 0.6 is 11.8 Å². The Labute approximate surface area is 134 Å². The lowest BCUT2D eigenvalue weighted by Gasteiger charge is -2.35. The molecule has 0 unspecified atom stereocenters. The van der Waals surface area contributed by atoms with E-state index in [1.165, 1.54) is 5.56 Å². The highest BCUT2D eigenvalue weighted by molar-refractivity contribution is 7.99. The van der Waals surface area contributed by atoms with Crippen LogP contribution in [0.3, 0.4) is 0 Å². The van der Waals surface area contributed by atoms with Crippen molar-refractivity contribution in [3.63, 3.8) is 0 Å². The van der Waals surface area contributed by atoms with Gasteiger partial charge in [-0.3, -0.25) is 9.58 Å². The van der Waals surface area contributed by atoms with E-state index >= 15 is 0 Å². The Morgan fingerprint density at radius 3 is 3.05 bits per heavy atom. The van der Waals surface area contributed by atoms with E-state index in [2.05, 4.69) is 16.2 Å². The first-order valence-electron chi connectivity index (χ1n) is 7.33. The van der Waals surface area contributed by atoms with Gasteiger partial charge in [-0.1, -0.05) is 6.07 Å². The molecule has 0 saturated carbocycles. The third-order valence-electron chi connectivity index (χ3n) is 3.98. The fourth-order valence-corrected chi connectivity index (χ4v) is 3.96. The molecule has 1 aromatic carbocycles. The minimum absolute atomic E-state index is 0.184. The van der Waals surface area contributed by atoms with E-state index in [1.807, 2.05) is 41.8 Å². The van der Waals surface area contributed by atoms with E-state index in [0.29, 0.717) is 11.8 Å². The third kappa shape index (κ3) is 3.23. The van der Waals surface area contributed by atoms with Gasteiger partial charge in [0, 0.05) is 49.4 Å². The summed E-state index contributed by atoms with van der Waals surface area (Å²) in [4.78, 5) is 2.47. The smallest absolute Gasteiger partial charge is 0.160 e. The summed E-state index contributed by atoms with van der Waals surface area (Å²) in [6.07, 6.45) is 4.06. The van der Waals surface area contributed by atoms with Crippen LogP contribution in [0.25, 0.3) is 0 Å². The van der Waals surface area contributed by atoms with Gasteiger partial charge in [-0.2, -0.15) is 16.9 Å². The number of aryl methyl sites for hydroxylation is 1. The zero-order chi connectivity index (χ0) is 15.5. The van der Waals surface area contributed by atoms with Gasteiger partial charge in [0.25, 0.3) is 0 Å². The minimum Gasteiger partial charge on any atom is -0.504 e. The van der Waals surface area contributed by atoms with Crippen molar-refractivity contribution in [2.24, 2.45) is 7.05 Å². The quantitative estimate of drug-likeness (QED) is 0.938. The van der Waals surface area contributed by atoms with Crippen LogP contribution in [0.2, 0.25) is 0 Å². The predicted molar refractivity (Wildman–Crippen MR) is 88.3 cm³/mol. The number of aromatic hydroxyl groups is 1. The van der Waals surface area contributed by atoms with Crippen molar-refractivity contribution in [1.82, 2.24) is 14.7 Å². The molecule has 1 fully saturated rings. The van der Waals surface area contributed by atoms with Crippen LogP contribution in [-0.2, 0) is 13.6 Å². The van der Waals surface area contributed by atoms with Gasteiger partial charge in [0.05, 0.1) is 13.3 Å². The number of thioether (sulfide) groups is 1. The van der Waals surface area contributed by atoms with Gasteiger partial charge in [-0.25, -0.2) is 0 Å². The lowest BCUT2D eigenvalue weighted by molar-refractivity contribution is 0.211. The molecule has 2 heterocycles. The average molecular weight is 319 g/mol. The fourth-order valence-electron chi connectivity index (χ4n) is 2.80. The van der Waals surface area contributed by atoms with Crippen LogP contribution in [-0.4, -0.2) is 44.9 Å². The summed E-state index contributed by atoms with van der Waals surface area (Å²) in [5.74, 6) is 2.94. The van der Waals surface area contributed by atoms with Crippen LogP contribution in [0.4, 0.5) is 0 Å². The Bertz CT molecular complexity index is 644. The van der Waals surface area contributed by atoms with Crippen molar-refractivity contribution in [1.29, 1.82) is 0 Å². The van der Waals surface area contributed by atoms with Crippen LogP contribution in [0.1, 0.15) is 17.2 Å². The van der Waals surface area contributed by atoms with Crippen molar-refractivity contribution in [2.75, 3.05) is 25.2 Å². The molecule has 6 heteroatoms. The lowest BCUT2D eigenvalue weighted by atomic mass is 10.1. The molecule has 5 nitrogen and oxygen atoms in total. The monoisotopic (exact) mass is 319 g/mol. The molecule has 1 aromatic heterocycles. The van der Waals surface area contributed by atoms with Gasteiger partial charge in [-0.05, 0) is 17.7 Å². The van der Waals surface area contributed by atoms with Gasteiger partial charge in [0.15, 0.2) is 11.5 Å². The first kappa shape index (κ1) is 15.2. The molecule has 22 heavy (non-hydrogen) atoms. The topological polar surface area (TPSA) is 50.5 Å². The highest BCUT2D eigenvalue weighted by Gasteiger charge is 2.25. The van der Waals surface area contributed by atoms with E-state index in [4.69, 9.17) is 4.74 Å². The van der Waals surface area contributed by atoms with Gasteiger partial charge in [0.1, 0.15) is 0 Å². The Morgan fingerprint density at radius 2 is 2.32 bits per heavy atom. The first-order valence-corrected chi connectivity index (χ1v) is 8.49. The number of aromatic nitrogens is 2. The molecule has 2 aromatic rings. The zero-order valence-corrected chi connectivity index (χ0v) is 13.7. The second kappa shape index (κ2) is 6.62. The summed E-state index contributed by atoms with van der Waals surface area (Å²) in [6.45, 7) is 1.89. The summed E-state index contributed by atoms with van der Waals surface area (Å²) in [5.41, 5.74) is 2.41. The van der Waals surface area contributed by atoms with Gasteiger partial charge < -0.3 is 9.84 Å². The number of methoxy groups -OCH3 is 1. The number of phenols is 1. The number of ether oxygens (including phenoxy) is 1. The molecule has 0 amide bonds. The predicted octanol–water partition coefficient (Wildman–Crippen LogP) is 2.42. The third-order valence-corrected chi connectivity index (χ3v) is 5.00. The van der Waals surface area contributed by atoms with E-state index in [-0.39, 0.29) is 5.75 Å². The van der Waals surface area contributed by atoms with Crippen molar-refractivity contribution >= 4 is 11.8 Å². The standard InChI is InChI=1S/C16H21N3O2S/c1-18-10-13(8-17-18)14-11-22-6-5-19(14)9-12-3-4-15(20)16(7-12)21-2/h3-4,7-8,10,14,20H,5-6,9,11H2,1-2H3/t14-/m1/s1.